The van der Waals surface area contributed by atoms with Gasteiger partial charge in [-0.05, 0) is 54.8 Å². The zero-order valence-corrected chi connectivity index (χ0v) is 24.0. The molecule has 0 radical (unpaired) electrons. The molecule has 4 N–H and O–H groups in total. The number of nitriles is 1. The minimum atomic E-state index is -1.75. The maximum absolute atomic E-state index is 16.6. The number of benzene rings is 2. The predicted molar refractivity (Wildman–Crippen MR) is 153 cm³/mol. The molecule has 1 amide bonds. The van der Waals surface area contributed by atoms with Crippen LogP contribution in [0.15, 0.2) is 66.6 Å². The zero-order chi connectivity index (χ0) is 30.1. The second-order valence-electron chi connectivity index (χ2n) is 10.3. The lowest BCUT2D eigenvalue weighted by Crippen LogP contribution is -2.49. The van der Waals surface area contributed by atoms with Gasteiger partial charge in [-0.25, -0.2) is 4.39 Å². The van der Waals surface area contributed by atoms with E-state index >= 15 is 4.39 Å². The first-order valence-electron chi connectivity index (χ1n) is 13.6. The van der Waals surface area contributed by atoms with Gasteiger partial charge in [0.2, 0.25) is 5.72 Å². The molecule has 2 aliphatic rings. The molecule has 1 unspecified atom stereocenters. The highest BCUT2D eigenvalue weighted by atomic mass is 35.5. The van der Waals surface area contributed by atoms with Crippen molar-refractivity contribution in [2.45, 2.75) is 43.7 Å². The third-order valence-electron chi connectivity index (χ3n) is 7.79. The maximum Gasteiger partial charge on any atom is 0.257 e. The van der Waals surface area contributed by atoms with E-state index in [9.17, 15) is 15.2 Å². The summed E-state index contributed by atoms with van der Waals surface area (Å²) in [6.45, 7) is 2.38. The number of aliphatic hydroxyl groups is 1. The predicted octanol–water partition coefficient (Wildman–Crippen LogP) is 4.03. The van der Waals surface area contributed by atoms with Crippen LogP contribution in [0, 0.1) is 17.1 Å². The number of pyridine rings is 1. The highest BCUT2D eigenvalue weighted by molar-refractivity contribution is 6.30. The molecule has 218 valence electrons. The van der Waals surface area contributed by atoms with Gasteiger partial charge in [-0.15, -0.1) is 0 Å². The molecule has 5 rings (SSSR count). The first-order valence-corrected chi connectivity index (χ1v) is 13.9. The van der Waals surface area contributed by atoms with E-state index in [1.54, 1.807) is 50.4 Å². The molecule has 9 nitrogen and oxygen atoms in total. The molecule has 1 aromatic heterocycles. The van der Waals surface area contributed by atoms with Crippen LogP contribution in [0.5, 0.6) is 0 Å². The van der Waals surface area contributed by atoms with Crippen molar-refractivity contribution in [2.75, 3.05) is 20.3 Å². The number of hydrogen-bond acceptors (Lipinski definition) is 8. The van der Waals surface area contributed by atoms with Crippen molar-refractivity contribution in [1.82, 2.24) is 15.2 Å². The zero-order valence-electron chi connectivity index (χ0n) is 23.2. The van der Waals surface area contributed by atoms with Crippen LogP contribution in [0.4, 0.5) is 4.39 Å². The molecule has 2 aliphatic heterocycles. The number of rotatable bonds is 9. The van der Waals surface area contributed by atoms with Crippen molar-refractivity contribution in [1.29, 1.82) is 5.26 Å². The van der Waals surface area contributed by atoms with Gasteiger partial charge >= 0.3 is 0 Å². The van der Waals surface area contributed by atoms with E-state index in [-0.39, 0.29) is 42.0 Å². The lowest BCUT2D eigenvalue weighted by Gasteiger charge is -2.41. The third kappa shape index (κ3) is 4.99. The van der Waals surface area contributed by atoms with E-state index in [1.165, 1.54) is 29.4 Å². The van der Waals surface area contributed by atoms with E-state index in [4.69, 9.17) is 26.8 Å². The minimum Gasteiger partial charge on any atom is -0.398 e. The quantitative estimate of drug-likeness (QED) is 0.340. The molecule has 11 heteroatoms. The monoisotopic (exact) mass is 591 g/mol. The summed E-state index contributed by atoms with van der Waals surface area (Å²) in [4.78, 5) is 20.2. The summed E-state index contributed by atoms with van der Waals surface area (Å²) < 4.78 is 28.9. The smallest absolute Gasteiger partial charge is 0.257 e. The Labute approximate surface area is 248 Å². The van der Waals surface area contributed by atoms with Gasteiger partial charge in [-0.2, -0.15) is 5.26 Å². The van der Waals surface area contributed by atoms with Crippen molar-refractivity contribution >= 4 is 17.5 Å². The number of aromatic nitrogens is 1. The van der Waals surface area contributed by atoms with E-state index in [1.807, 2.05) is 6.07 Å². The van der Waals surface area contributed by atoms with Gasteiger partial charge in [-0.1, -0.05) is 30.7 Å². The first-order chi connectivity index (χ1) is 20.2. The van der Waals surface area contributed by atoms with Crippen molar-refractivity contribution in [3.05, 3.63) is 111 Å². The molecule has 0 aliphatic carbocycles. The van der Waals surface area contributed by atoms with E-state index in [2.05, 4.69) is 10.3 Å². The van der Waals surface area contributed by atoms with Gasteiger partial charge in [0.25, 0.3) is 5.91 Å². The fourth-order valence-corrected chi connectivity index (χ4v) is 5.70. The number of nitrogens with one attached hydrogen (secondary N) is 1. The SMILES string of the molecule is CCC(O)(/C(N)=C/NC)c1cc(F)c2c(c1)C(=O)N(Cc1ccc(C#N)cn1)[C@@]2(O[C@@H]1CCOC1)c1ccc(Cl)cc1. The van der Waals surface area contributed by atoms with Crippen LogP contribution >= 0.6 is 11.6 Å². The topological polar surface area (TPSA) is 134 Å². The number of hydrogen-bond donors (Lipinski definition) is 3. The third-order valence-corrected chi connectivity index (χ3v) is 8.04. The molecule has 1 fully saturated rings. The summed E-state index contributed by atoms with van der Waals surface area (Å²) in [7, 11) is 1.63. The molecule has 1 saturated heterocycles. The van der Waals surface area contributed by atoms with Gasteiger partial charge < -0.3 is 25.6 Å². The van der Waals surface area contributed by atoms with Crippen LogP contribution < -0.4 is 11.1 Å². The van der Waals surface area contributed by atoms with Crippen LogP contribution in [0.2, 0.25) is 5.02 Å². The number of ether oxygens (including phenoxy) is 2. The average molecular weight is 592 g/mol. The molecular weight excluding hydrogens is 561 g/mol. The molecule has 0 spiro atoms. The second kappa shape index (κ2) is 11.7. The molecule has 3 aromatic rings. The van der Waals surface area contributed by atoms with Crippen molar-refractivity contribution in [3.8, 4) is 6.07 Å². The van der Waals surface area contributed by atoms with Crippen LogP contribution in [0.25, 0.3) is 0 Å². The van der Waals surface area contributed by atoms with E-state index < -0.39 is 29.2 Å². The Morgan fingerprint density at radius 2 is 2.14 bits per heavy atom. The van der Waals surface area contributed by atoms with Crippen LogP contribution in [0.1, 0.15) is 58.1 Å². The van der Waals surface area contributed by atoms with Gasteiger partial charge in [0.1, 0.15) is 17.5 Å². The molecule has 0 saturated carbocycles. The lowest BCUT2D eigenvalue weighted by molar-refractivity contribution is -0.148. The Bertz CT molecular complexity index is 1550. The van der Waals surface area contributed by atoms with Crippen LogP contribution in [0.3, 0.4) is 0 Å². The summed E-state index contributed by atoms with van der Waals surface area (Å²) in [6, 6.07) is 14.7. The van der Waals surface area contributed by atoms with Gasteiger partial charge in [0, 0.05) is 36.6 Å². The van der Waals surface area contributed by atoms with Crippen molar-refractivity contribution in [2.24, 2.45) is 5.73 Å². The largest absolute Gasteiger partial charge is 0.398 e. The number of carbonyl (C=O) groups is 1. The summed E-state index contributed by atoms with van der Waals surface area (Å²) in [5.74, 6) is -1.27. The highest BCUT2D eigenvalue weighted by Crippen LogP contribution is 2.50. The fourth-order valence-electron chi connectivity index (χ4n) is 5.57. The Kier molecular flexibility index (Phi) is 8.21. The van der Waals surface area contributed by atoms with E-state index in [0.29, 0.717) is 34.9 Å². The van der Waals surface area contributed by atoms with E-state index in [0.717, 1.165) is 0 Å². The first kappa shape index (κ1) is 29.5. The van der Waals surface area contributed by atoms with Gasteiger partial charge in [0.15, 0.2) is 0 Å². The summed E-state index contributed by atoms with van der Waals surface area (Å²) in [5, 5.41) is 24.0. The van der Waals surface area contributed by atoms with Crippen LogP contribution in [-0.2, 0) is 27.3 Å². The Morgan fingerprint density at radius 3 is 2.74 bits per heavy atom. The fraction of sp³-hybridized carbons (Fsp3) is 0.323. The number of nitrogens with two attached hydrogens (primary N) is 1. The number of fused-ring (bicyclic) bond motifs is 1. The van der Waals surface area contributed by atoms with Gasteiger partial charge in [-0.3, -0.25) is 14.7 Å². The summed E-state index contributed by atoms with van der Waals surface area (Å²) >= 11 is 6.23. The van der Waals surface area contributed by atoms with Crippen LogP contribution in [-0.4, -0.2) is 47.3 Å². The Balaban J connectivity index is 1.76. The molecule has 3 heterocycles. The van der Waals surface area contributed by atoms with Gasteiger partial charge in [0.05, 0.1) is 47.3 Å². The molecule has 0 bridgehead atoms. The lowest BCUT2D eigenvalue weighted by atomic mass is 9.84. The maximum atomic E-state index is 16.6. The molecule has 3 atom stereocenters. The Morgan fingerprint density at radius 1 is 1.38 bits per heavy atom. The second-order valence-corrected chi connectivity index (χ2v) is 10.7. The number of amides is 1. The van der Waals surface area contributed by atoms with Crippen molar-refractivity contribution in [3.63, 3.8) is 0 Å². The standard InChI is InChI=1S/C31H31ClFN5O4/c1-3-30(40,27(35)16-36-2)21-12-25-28(26(33)13-21)31(42-24-10-11-41-18-24,20-5-7-22(32)8-6-20)38(29(25)39)17-23-9-4-19(14-34)15-37-23/h4-9,12-13,15-16,24,36,40H,3,10-11,17-18,35H2,1-2H3/b27-16-/t24-,30?,31-/m1/s1. The minimum absolute atomic E-state index is 0.00809. The normalized spacial score (nSPS) is 21.6. The highest BCUT2D eigenvalue weighted by Gasteiger charge is 2.56. The number of nitrogens with zero attached hydrogens (tertiary/aromatic N) is 3. The number of carbonyl (C=O) groups excluding carboxylic acids is 1. The molecule has 2 aromatic carbocycles. The summed E-state index contributed by atoms with van der Waals surface area (Å²) in [5.41, 5.74) is 4.28. The molecule has 42 heavy (non-hydrogen) atoms. The average Bonchev–Trinajstić information content (AvgIpc) is 3.59. The Hall–Kier alpha value is -4.01. The summed E-state index contributed by atoms with van der Waals surface area (Å²) in [6.07, 6.45) is 3.07. The van der Waals surface area contributed by atoms with Crippen molar-refractivity contribution < 1.29 is 23.8 Å². The molecular formula is C31H31ClFN5O4. The number of halogens is 2.